The first-order valence-electron chi connectivity index (χ1n) is 10.3. The SMILES string of the molecule is CN(C(=O)c1ccc(-c2ncc[nH]2)s1)[C@H]1CCCN(CCCc2ccccc2)C1. The number of piperidine rings is 1. The maximum Gasteiger partial charge on any atom is 0.263 e. The normalized spacial score (nSPS) is 17.3. The summed E-state index contributed by atoms with van der Waals surface area (Å²) >= 11 is 1.50. The van der Waals surface area contributed by atoms with Gasteiger partial charge in [0.25, 0.3) is 5.91 Å². The Morgan fingerprint density at radius 3 is 2.93 bits per heavy atom. The maximum absolute atomic E-state index is 13.0. The number of likely N-dealkylation sites (tertiary alicyclic amines) is 1. The highest BCUT2D eigenvalue weighted by Crippen LogP contribution is 2.27. The summed E-state index contributed by atoms with van der Waals surface area (Å²) in [6, 6.07) is 14.8. The van der Waals surface area contributed by atoms with Crippen LogP contribution in [0.2, 0.25) is 0 Å². The lowest BCUT2D eigenvalue weighted by molar-refractivity contribution is 0.0621. The molecule has 1 aliphatic rings. The Morgan fingerprint density at radius 2 is 2.14 bits per heavy atom. The number of thiophene rings is 1. The molecule has 1 saturated heterocycles. The molecule has 0 bridgehead atoms. The number of nitrogens with one attached hydrogen (secondary N) is 1. The molecular weight excluding hydrogens is 380 g/mol. The molecule has 1 amide bonds. The van der Waals surface area contributed by atoms with Gasteiger partial charge >= 0.3 is 0 Å². The minimum atomic E-state index is 0.115. The van der Waals surface area contributed by atoms with Gasteiger partial charge in [-0.25, -0.2) is 4.98 Å². The molecule has 1 atom stereocenters. The lowest BCUT2D eigenvalue weighted by Gasteiger charge is -2.37. The zero-order valence-electron chi connectivity index (χ0n) is 16.9. The van der Waals surface area contributed by atoms with Crippen molar-refractivity contribution >= 4 is 17.2 Å². The van der Waals surface area contributed by atoms with Gasteiger partial charge in [0.1, 0.15) is 5.82 Å². The standard InChI is InChI=1S/C23H28N4OS/c1-26(23(28)21-12-11-20(29-21)22-24-13-14-25-22)19-10-6-16-27(17-19)15-5-9-18-7-3-2-4-8-18/h2-4,7-8,11-14,19H,5-6,9-10,15-17H2,1H3,(H,24,25)/t19-/m0/s1. The fraction of sp³-hybridized carbons (Fsp3) is 0.391. The molecule has 0 spiro atoms. The van der Waals surface area contributed by atoms with Gasteiger partial charge in [-0.15, -0.1) is 11.3 Å². The molecule has 3 aromatic rings. The number of rotatable bonds is 7. The highest BCUT2D eigenvalue weighted by atomic mass is 32.1. The van der Waals surface area contributed by atoms with Gasteiger partial charge in [-0.3, -0.25) is 4.79 Å². The van der Waals surface area contributed by atoms with Crippen LogP contribution >= 0.6 is 11.3 Å². The third-order valence-corrected chi connectivity index (χ3v) is 6.76. The lowest BCUT2D eigenvalue weighted by atomic mass is 10.0. The summed E-state index contributed by atoms with van der Waals surface area (Å²) in [6.45, 7) is 3.19. The van der Waals surface area contributed by atoms with Gasteiger partial charge in [-0.1, -0.05) is 30.3 Å². The molecule has 29 heavy (non-hydrogen) atoms. The fourth-order valence-electron chi connectivity index (χ4n) is 4.02. The van der Waals surface area contributed by atoms with Crippen LogP contribution in [0.3, 0.4) is 0 Å². The minimum absolute atomic E-state index is 0.115. The van der Waals surface area contributed by atoms with Crippen molar-refractivity contribution in [1.29, 1.82) is 0 Å². The summed E-state index contributed by atoms with van der Waals surface area (Å²) in [5.41, 5.74) is 1.40. The number of aromatic amines is 1. The number of nitrogens with zero attached hydrogens (tertiary/aromatic N) is 3. The molecule has 0 radical (unpaired) electrons. The van der Waals surface area contributed by atoms with E-state index >= 15 is 0 Å². The predicted octanol–water partition coefficient (Wildman–Crippen LogP) is 4.31. The van der Waals surface area contributed by atoms with Crippen LogP contribution in [0.15, 0.2) is 54.9 Å². The van der Waals surface area contributed by atoms with Crippen LogP contribution in [0.4, 0.5) is 0 Å². The predicted molar refractivity (Wildman–Crippen MR) is 118 cm³/mol. The molecule has 2 aromatic heterocycles. The molecule has 0 unspecified atom stereocenters. The van der Waals surface area contributed by atoms with Crippen LogP contribution in [0, 0.1) is 0 Å². The number of carbonyl (C=O) groups is 1. The van der Waals surface area contributed by atoms with E-state index in [-0.39, 0.29) is 11.9 Å². The molecule has 4 rings (SSSR count). The lowest BCUT2D eigenvalue weighted by Crippen LogP contribution is -2.48. The third kappa shape index (κ3) is 4.95. The van der Waals surface area contributed by atoms with Gasteiger partial charge in [-0.2, -0.15) is 0 Å². The van der Waals surface area contributed by atoms with Gasteiger partial charge in [0.05, 0.1) is 9.75 Å². The van der Waals surface area contributed by atoms with E-state index < -0.39 is 0 Å². The third-order valence-electron chi connectivity index (χ3n) is 5.68. The summed E-state index contributed by atoms with van der Waals surface area (Å²) in [7, 11) is 1.95. The first kappa shape index (κ1) is 19.9. The number of aryl methyl sites for hydroxylation is 1. The molecule has 6 heteroatoms. The van der Waals surface area contributed by atoms with Gasteiger partial charge < -0.3 is 14.8 Å². The molecule has 1 aliphatic heterocycles. The first-order chi connectivity index (χ1) is 14.2. The summed E-state index contributed by atoms with van der Waals surface area (Å²) in [4.78, 5) is 26.6. The van der Waals surface area contributed by atoms with Crippen molar-refractivity contribution < 1.29 is 4.79 Å². The molecular formula is C23H28N4OS. The van der Waals surface area contributed by atoms with Crippen LogP contribution in [-0.4, -0.2) is 58.4 Å². The van der Waals surface area contributed by atoms with E-state index in [0.29, 0.717) is 0 Å². The first-order valence-corrected chi connectivity index (χ1v) is 11.2. The molecule has 1 aromatic carbocycles. The van der Waals surface area contributed by atoms with Crippen molar-refractivity contribution in [3.8, 4) is 10.7 Å². The number of hydrogen-bond acceptors (Lipinski definition) is 4. The average molecular weight is 409 g/mol. The van der Waals surface area contributed by atoms with E-state index in [2.05, 4.69) is 45.2 Å². The van der Waals surface area contributed by atoms with Crippen molar-refractivity contribution in [3.05, 3.63) is 65.3 Å². The topological polar surface area (TPSA) is 52.2 Å². The number of carbonyl (C=O) groups excluding carboxylic acids is 1. The Bertz CT molecular complexity index is 906. The second kappa shape index (κ2) is 9.37. The van der Waals surface area contributed by atoms with Gasteiger partial charge in [-0.05, 0) is 56.5 Å². The number of amides is 1. The molecule has 1 N–H and O–H groups in total. The van der Waals surface area contributed by atoms with Crippen molar-refractivity contribution in [2.24, 2.45) is 0 Å². The fourth-order valence-corrected chi connectivity index (χ4v) is 4.97. The smallest absolute Gasteiger partial charge is 0.263 e. The van der Waals surface area contributed by atoms with Crippen LogP contribution < -0.4 is 0 Å². The van der Waals surface area contributed by atoms with Crippen molar-refractivity contribution in [3.63, 3.8) is 0 Å². The maximum atomic E-state index is 13.0. The van der Waals surface area contributed by atoms with E-state index in [1.54, 1.807) is 12.4 Å². The van der Waals surface area contributed by atoms with Crippen LogP contribution in [0.1, 0.15) is 34.5 Å². The second-order valence-electron chi connectivity index (χ2n) is 7.70. The molecule has 5 nitrogen and oxygen atoms in total. The van der Waals surface area contributed by atoms with E-state index in [1.165, 1.54) is 16.9 Å². The van der Waals surface area contributed by atoms with E-state index in [0.717, 1.165) is 60.9 Å². The Morgan fingerprint density at radius 1 is 1.28 bits per heavy atom. The molecule has 1 fully saturated rings. The Hall–Kier alpha value is -2.44. The minimum Gasteiger partial charge on any atom is -0.344 e. The van der Waals surface area contributed by atoms with E-state index in [1.807, 2.05) is 24.1 Å². The van der Waals surface area contributed by atoms with Crippen LogP contribution in [0.25, 0.3) is 10.7 Å². The number of aromatic nitrogens is 2. The summed E-state index contributed by atoms with van der Waals surface area (Å²) in [6.07, 6.45) is 8.03. The van der Waals surface area contributed by atoms with Crippen molar-refractivity contribution in [2.45, 2.75) is 31.7 Å². The van der Waals surface area contributed by atoms with Crippen molar-refractivity contribution in [2.75, 3.05) is 26.7 Å². The van der Waals surface area contributed by atoms with Crippen LogP contribution in [-0.2, 0) is 6.42 Å². The monoisotopic (exact) mass is 408 g/mol. The Labute approximate surface area is 176 Å². The number of benzene rings is 1. The molecule has 3 heterocycles. The zero-order valence-corrected chi connectivity index (χ0v) is 17.7. The summed E-state index contributed by atoms with van der Waals surface area (Å²) in [5.74, 6) is 0.933. The largest absolute Gasteiger partial charge is 0.344 e. The van der Waals surface area contributed by atoms with E-state index in [4.69, 9.17) is 0 Å². The van der Waals surface area contributed by atoms with Crippen LogP contribution in [0.5, 0.6) is 0 Å². The molecule has 152 valence electrons. The number of H-pyrrole nitrogens is 1. The molecule has 0 aliphatic carbocycles. The number of likely N-dealkylation sites (N-methyl/N-ethyl adjacent to an activating group) is 1. The summed E-state index contributed by atoms with van der Waals surface area (Å²) < 4.78 is 0. The average Bonchev–Trinajstić information content (AvgIpc) is 3.46. The summed E-state index contributed by atoms with van der Waals surface area (Å²) in [5, 5.41) is 0. The van der Waals surface area contributed by atoms with Gasteiger partial charge in [0.2, 0.25) is 0 Å². The highest BCUT2D eigenvalue weighted by Gasteiger charge is 2.27. The molecule has 0 saturated carbocycles. The number of imidazole rings is 1. The van der Waals surface area contributed by atoms with E-state index in [9.17, 15) is 4.79 Å². The Balaban J connectivity index is 1.31. The zero-order chi connectivity index (χ0) is 20.1. The quantitative estimate of drug-likeness (QED) is 0.634. The van der Waals surface area contributed by atoms with Crippen molar-refractivity contribution in [1.82, 2.24) is 19.8 Å². The highest BCUT2D eigenvalue weighted by molar-refractivity contribution is 7.17. The number of hydrogen-bond donors (Lipinski definition) is 1. The Kier molecular flexibility index (Phi) is 6.42. The second-order valence-corrected chi connectivity index (χ2v) is 8.79. The van der Waals surface area contributed by atoms with Gasteiger partial charge in [0, 0.05) is 32.0 Å². The van der Waals surface area contributed by atoms with Gasteiger partial charge in [0.15, 0.2) is 0 Å².